The molecule has 1 fully saturated rings. The monoisotopic (exact) mass is 425 g/mol. The predicted octanol–water partition coefficient (Wildman–Crippen LogP) is 3.31. The number of fused-ring (bicyclic) bond motifs is 3. The summed E-state index contributed by atoms with van der Waals surface area (Å²) in [5, 5.41) is 2.78. The number of carbonyl (C=O) groups excluding carboxylic acids is 3. The molecule has 6 nitrogen and oxygen atoms in total. The van der Waals surface area contributed by atoms with E-state index in [1.54, 1.807) is 31.2 Å². The second-order valence-electron chi connectivity index (χ2n) is 7.64. The fourth-order valence-corrected chi connectivity index (χ4v) is 4.34. The zero-order valence-corrected chi connectivity index (χ0v) is 16.9. The Hall–Kier alpha value is -3.55. The molecule has 2 atom stereocenters. The highest BCUT2D eigenvalue weighted by Crippen LogP contribution is 2.44. The Labute approximate surface area is 178 Å². The molecule has 0 radical (unpaired) electrons. The van der Waals surface area contributed by atoms with Crippen molar-refractivity contribution in [2.45, 2.75) is 31.5 Å². The molecule has 0 aliphatic carbocycles. The molecule has 0 spiro atoms. The summed E-state index contributed by atoms with van der Waals surface area (Å²) in [5.41, 5.74) is -0.497. The van der Waals surface area contributed by atoms with Crippen LogP contribution >= 0.6 is 0 Å². The number of rotatable bonds is 5. The van der Waals surface area contributed by atoms with Gasteiger partial charge in [-0.2, -0.15) is 0 Å². The Kier molecular flexibility index (Phi) is 5.08. The minimum absolute atomic E-state index is 0.0594. The van der Waals surface area contributed by atoms with Crippen molar-refractivity contribution in [2.24, 2.45) is 0 Å². The molecule has 160 valence electrons. The van der Waals surface area contributed by atoms with Crippen LogP contribution in [0.2, 0.25) is 0 Å². The number of nitrogens with zero attached hydrogens (tertiary/aromatic N) is 2. The zero-order valence-electron chi connectivity index (χ0n) is 16.9. The first kappa shape index (κ1) is 20.7. The van der Waals surface area contributed by atoms with Crippen LogP contribution in [-0.4, -0.2) is 34.8 Å². The van der Waals surface area contributed by atoms with Crippen molar-refractivity contribution in [2.75, 3.05) is 11.4 Å². The Balaban J connectivity index is 1.77. The molecular formula is C23H21F2N3O3. The van der Waals surface area contributed by atoms with Gasteiger partial charge in [-0.3, -0.25) is 19.3 Å². The van der Waals surface area contributed by atoms with Crippen molar-refractivity contribution < 1.29 is 23.2 Å². The van der Waals surface area contributed by atoms with Crippen molar-refractivity contribution in [1.29, 1.82) is 0 Å². The number of nitrogens with one attached hydrogen (secondary N) is 1. The van der Waals surface area contributed by atoms with Gasteiger partial charge in [-0.15, -0.1) is 6.58 Å². The molecule has 1 N–H and O–H groups in total. The van der Waals surface area contributed by atoms with E-state index in [0.29, 0.717) is 16.8 Å². The maximum Gasteiger partial charge on any atom is 0.267 e. The van der Waals surface area contributed by atoms with Crippen LogP contribution < -0.4 is 10.2 Å². The molecule has 2 aromatic carbocycles. The van der Waals surface area contributed by atoms with Gasteiger partial charge in [0.05, 0.1) is 17.3 Å². The number of hydrogen-bond acceptors (Lipinski definition) is 3. The fourth-order valence-electron chi connectivity index (χ4n) is 4.34. The molecule has 2 heterocycles. The Morgan fingerprint density at radius 1 is 1.23 bits per heavy atom. The lowest BCUT2D eigenvalue weighted by molar-refractivity contribution is -0.134. The molecule has 0 aromatic heterocycles. The summed E-state index contributed by atoms with van der Waals surface area (Å²) in [6.07, 6.45) is 1.69. The molecule has 0 unspecified atom stereocenters. The number of anilines is 1. The van der Waals surface area contributed by atoms with E-state index >= 15 is 0 Å². The van der Waals surface area contributed by atoms with E-state index in [9.17, 15) is 23.2 Å². The maximum absolute atomic E-state index is 13.7. The second-order valence-corrected chi connectivity index (χ2v) is 7.64. The smallest absolute Gasteiger partial charge is 0.267 e. The van der Waals surface area contributed by atoms with Crippen LogP contribution in [0.1, 0.15) is 41.7 Å². The molecule has 8 heteroatoms. The van der Waals surface area contributed by atoms with Crippen molar-refractivity contribution >= 4 is 23.4 Å². The highest BCUT2D eigenvalue weighted by Gasteiger charge is 2.60. The number of hydrogen-bond donors (Lipinski definition) is 1. The van der Waals surface area contributed by atoms with E-state index in [-0.39, 0.29) is 31.2 Å². The lowest BCUT2D eigenvalue weighted by Gasteiger charge is -2.49. The van der Waals surface area contributed by atoms with Gasteiger partial charge in [0.25, 0.3) is 11.8 Å². The van der Waals surface area contributed by atoms with Crippen LogP contribution in [0.5, 0.6) is 0 Å². The van der Waals surface area contributed by atoms with Gasteiger partial charge >= 0.3 is 0 Å². The normalized spacial score (nSPS) is 20.9. The van der Waals surface area contributed by atoms with Crippen LogP contribution in [0.15, 0.2) is 55.1 Å². The van der Waals surface area contributed by atoms with Gasteiger partial charge in [-0.1, -0.05) is 24.3 Å². The van der Waals surface area contributed by atoms with E-state index in [1.165, 1.54) is 21.9 Å². The number of benzene rings is 2. The first-order valence-corrected chi connectivity index (χ1v) is 9.92. The lowest BCUT2D eigenvalue weighted by Crippen LogP contribution is -2.70. The molecule has 0 bridgehead atoms. The topological polar surface area (TPSA) is 69.7 Å². The summed E-state index contributed by atoms with van der Waals surface area (Å²) in [6, 6.07) is 9.34. The van der Waals surface area contributed by atoms with Crippen molar-refractivity contribution in [3.05, 3.63) is 77.9 Å². The summed E-state index contributed by atoms with van der Waals surface area (Å²) in [4.78, 5) is 42.5. The third-order valence-electron chi connectivity index (χ3n) is 5.84. The Morgan fingerprint density at radius 2 is 1.97 bits per heavy atom. The molecule has 0 saturated carbocycles. The van der Waals surface area contributed by atoms with Gasteiger partial charge in [-0.25, -0.2) is 8.78 Å². The molecule has 2 aromatic rings. The highest BCUT2D eigenvalue weighted by atomic mass is 19.2. The summed E-state index contributed by atoms with van der Waals surface area (Å²) in [6.45, 7) is 5.37. The van der Waals surface area contributed by atoms with E-state index in [4.69, 9.17) is 0 Å². The van der Waals surface area contributed by atoms with E-state index in [0.717, 1.165) is 12.1 Å². The third-order valence-corrected chi connectivity index (χ3v) is 5.84. The minimum atomic E-state index is -1.57. The minimum Gasteiger partial charge on any atom is -0.346 e. The predicted molar refractivity (Wildman–Crippen MR) is 110 cm³/mol. The first-order valence-electron chi connectivity index (χ1n) is 9.92. The first-order chi connectivity index (χ1) is 14.8. The molecular weight excluding hydrogens is 404 g/mol. The molecule has 1 saturated heterocycles. The quantitative estimate of drug-likeness (QED) is 0.748. The average Bonchev–Trinajstić information content (AvgIpc) is 3.11. The van der Waals surface area contributed by atoms with Crippen LogP contribution in [0.25, 0.3) is 0 Å². The van der Waals surface area contributed by atoms with E-state index < -0.39 is 29.2 Å². The molecule has 3 amide bonds. The van der Waals surface area contributed by atoms with Crippen LogP contribution in [0.4, 0.5) is 14.5 Å². The van der Waals surface area contributed by atoms with Gasteiger partial charge in [0.1, 0.15) is 0 Å². The largest absolute Gasteiger partial charge is 0.346 e. The number of halogens is 2. The van der Waals surface area contributed by atoms with Crippen molar-refractivity contribution in [3.63, 3.8) is 0 Å². The summed E-state index contributed by atoms with van der Waals surface area (Å²) in [5.74, 6) is -3.23. The van der Waals surface area contributed by atoms with Crippen LogP contribution in [-0.2, 0) is 9.59 Å². The van der Waals surface area contributed by atoms with Gasteiger partial charge in [0, 0.05) is 19.4 Å². The van der Waals surface area contributed by atoms with Crippen molar-refractivity contribution in [3.8, 4) is 0 Å². The fraction of sp³-hybridized carbons (Fsp3) is 0.261. The Morgan fingerprint density at radius 3 is 2.68 bits per heavy atom. The summed E-state index contributed by atoms with van der Waals surface area (Å²) >= 11 is 0. The average molecular weight is 425 g/mol. The third kappa shape index (κ3) is 3.10. The van der Waals surface area contributed by atoms with Gasteiger partial charge in [0.2, 0.25) is 11.6 Å². The van der Waals surface area contributed by atoms with E-state index in [2.05, 4.69) is 11.9 Å². The molecule has 2 aliphatic heterocycles. The standard InChI is InChI=1S/C23H21F2N3O3/c1-3-12-27-21(30)16-6-4-5-7-19(16)28-20(29)10-11-23(27,28)22(31)26-14(2)15-8-9-17(24)18(25)13-15/h3-9,13-14H,1,10-12H2,2H3,(H,26,31)/t14-,23-/m0/s1. The summed E-state index contributed by atoms with van der Waals surface area (Å²) < 4.78 is 27.0. The van der Waals surface area contributed by atoms with Gasteiger partial charge in [-0.05, 0) is 36.8 Å². The van der Waals surface area contributed by atoms with Crippen LogP contribution in [0.3, 0.4) is 0 Å². The lowest BCUT2D eigenvalue weighted by atomic mass is 9.94. The summed E-state index contributed by atoms with van der Waals surface area (Å²) in [7, 11) is 0. The maximum atomic E-state index is 13.7. The zero-order chi connectivity index (χ0) is 22.3. The molecule has 4 rings (SSSR count). The Bertz CT molecular complexity index is 1100. The van der Waals surface area contributed by atoms with Gasteiger partial charge in [0.15, 0.2) is 11.6 Å². The van der Waals surface area contributed by atoms with E-state index in [1.807, 2.05) is 0 Å². The van der Waals surface area contributed by atoms with Crippen LogP contribution in [0, 0.1) is 11.6 Å². The highest BCUT2D eigenvalue weighted by molar-refractivity contribution is 6.16. The number of carbonyl (C=O) groups is 3. The van der Waals surface area contributed by atoms with Crippen molar-refractivity contribution in [1.82, 2.24) is 10.2 Å². The SMILES string of the molecule is C=CCN1C(=O)c2ccccc2N2C(=O)CC[C@]12C(=O)N[C@@H](C)c1ccc(F)c(F)c1. The second kappa shape index (κ2) is 7.61. The molecule has 2 aliphatic rings. The van der Waals surface area contributed by atoms with Gasteiger partial charge < -0.3 is 10.2 Å². The molecule has 31 heavy (non-hydrogen) atoms. The number of para-hydroxylation sites is 1. The number of amides is 3.